The van der Waals surface area contributed by atoms with Crippen molar-refractivity contribution in [1.29, 1.82) is 0 Å². The summed E-state index contributed by atoms with van der Waals surface area (Å²) in [5.41, 5.74) is 10.5. The topological polar surface area (TPSA) is 84.4 Å². The predicted molar refractivity (Wildman–Crippen MR) is 168 cm³/mol. The number of nitrogens with two attached hydrogens (primary N) is 1. The standard InChI is InChI=1S/C36H36N4O2/c1-21-19-29(20-38-23(21)3)26-15-17-27(18-16-26)34(32-22(2)30-13-9-10-14-31(30)42-36(32)41)33-24(4)39-35(40(37)25(33)5)28-11-7-6-8-12-28/h6-8,11-20,34-35,39H,5,9-10,37H2,1-4H3. The summed E-state index contributed by atoms with van der Waals surface area (Å²) in [5, 5.41) is 6.24. The summed E-state index contributed by atoms with van der Waals surface area (Å²) in [7, 11) is 0. The number of aryl methyl sites for hydroxylation is 2. The molecule has 6 rings (SSSR count). The van der Waals surface area contributed by atoms with Crippen molar-refractivity contribution in [2.45, 2.75) is 52.6 Å². The van der Waals surface area contributed by atoms with E-state index in [1.54, 1.807) is 5.01 Å². The van der Waals surface area contributed by atoms with Crippen LogP contribution < -0.4 is 27.4 Å². The van der Waals surface area contributed by atoms with E-state index in [4.69, 9.17) is 10.3 Å². The van der Waals surface area contributed by atoms with Crippen molar-refractivity contribution in [1.82, 2.24) is 15.3 Å². The Morgan fingerprint density at radius 2 is 1.71 bits per heavy atom. The zero-order chi connectivity index (χ0) is 29.5. The molecule has 6 nitrogen and oxygen atoms in total. The third-order valence-corrected chi connectivity index (χ3v) is 8.61. The first-order chi connectivity index (χ1) is 20.2. The van der Waals surface area contributed by atoms with E-state index in [1.165, 1.54) is 0 Å². The molecular weight excluding hydrogens is 520 g/mol. The van der Waals surface area contributed by atoms with E-state index in [0.29, 0.717) is 16.7 Å². The maximum atomic E-state index is 13.8. The van der Waals surface area contributed by atoms with Crippen molar-refractivity contribution < 1.29 is 4.42 Å². The SMILES string of the molecule is C=C1C(C(c2ccc(-c3cnc(C)c(C)c3)cc2)c2c(C)c3c(oc2=O)=CCCC=3)=C(C)NC(c2ccccc2)N1N. The molecule has 0 radical (unpaired) electrons. The lowest BCUT2D eigenvalue weighted by Gasteiger charge is -2.41. The Bertz CT molecular complexity index is 1900. The van der Waals surface area contributed by atoms with Crippen molar-refractivity contribution in [3.05, 3.63) is 145 Å². The third-order valence-electron chi connectivity index (χ3n) is 8.61. The van der Waals surface area contributed by atoms with Crippen LogP contribution in [0.25, 0.3) is 23.3 Å². The minimum atomic E-state index is -0.448. The van der Waals surface area contributed by atoms with Crippen LogP contribution in [0.5, 0.6) is 0 Å². The number of hydrazine groups is 1. The quantitative estimate of drug-likeness (QED) is 0.321. The molecule has 0 fully saturated rings. The first-order valence-corrected chi connectivity index (χ1v) is 14.4. The van der Waals surface area contributed by atoms with Gasteiger partial charge in [-0.2, -0.15) is 0 Å². The molecule has 212 valence electrons. The number of hydrogen-bond acceptors (Lipinski definition) is 6. The molecule has 2 aliphatic rings. The number of rotatable bonds is 5. The van der Waals surface area contributed by atoms with Gasteiger partial charge in [0.1, 0.15) is 11.6 Å². The van der Waals surface area contributed by atoms with E-state index >= 15 is 0 Å². The van der Waals surface area contributed by atoms with Crippen LogP contribution in [0, 0.1) is 20.8 Å². The number of aromatic nitrogens is 1. The molecule has 0 spiro atoms. The molecule has 2 unspecified atom stereocenters. The van der Waals surface area contributed by atoms with Crippen LogP contribution in [0.2, 0.25) is 0 Å². The molecule has 2 atom stereocenters. The number of benzene rings is 2. The second-order valence-electron chi connectivity index (χ2n) is 11.2. The van der Waals surface area contributed by atoms with Gasteiger partial charge in [0.15, 0.2) is 0 Å². The number of fused-ring (bicyclic) bond motifs is 1. The molecule has 0 amide bonds. The van der Waals surface area contributed by atoms with Crippen LogP contribution in [0.15, 0.2) is 99.6 Å². The highest BCUT2D eigenvalue weighted by Gasteiger charge is 2.35. The minimum absolute atomic E-state index is 0.285. The largest absolute Gasteiger partial charge is 0.423 e. The molecule has 2 aromatic carbocycles. The second-order valence-corrected chi connectivity index (χ2v) is 11.2. The van der Waals surface area contributed by atoms with Crippen molar-refractivity contribution in [2.24, 2.45) is 5.84 Å². The molecule has 4 aromatic rings. The maximum Gasteiger partial charge on any atom is 0.340 e. The lowest BCUT2D eigenvalue weighted by molar-refractivity contribution is 0.222. The van der Waals surface area contributed by atoms with E-state index in [-0.39, 0.29) is 11.8 Å². The number of nitrogens with one attached hydrogen (secondary N) is 1. The van der Waals surface area contributed by atoms with Gasteiger partial charge < -0.3 is 9.73 Å². The smallest absolute Gasteiger partial charge is 0.340 e. The van der Waals surface area contributed by atoms with Gasteiger partial charge in [-0.15, -0.1) is 0 Å². The van der Waals surface area contributed by atoms with Gasteiger partial charge in [-0.1, -0.05) is 67.3 Å². The lowest BCUT2D eigenvalue weighted by Crippen LogP contribution is -2.47. The summed E-state index contributed by atoms with van der Waals surface area (Å²) in [5.74, 6) is 6.28. The van der Waals surface area contributed by atoms with Gasteiger partial charge >= 0.3 is 5.63 Å². The summed E-state index contributed by atoms with van der Waals surface area (Å²) in [6.07, 6.45) is 7.56. The Morgan fingerprint density at radius 3 is 2.43 bits per heavy atom. The maximum absolute atomic E-state index is 13.8. The summed E-state index contributed by atoms with van der Waals surface area (Å²) in [4.78, 5) is 18.3. The van der Waals surface area contributed by atoms with Gasteiger partial charge in [-0.3, -0.25) is 9.99 Å². The normalized spacial score (nSPS) is 17.2. The molecule has 42 heavy (non-hydrogen) atoms. The monoisotopic (exact) mass is 556 g/mol. The lowest BCUT2D eigenvalue weighted by atomic mass is 9.79. The van der Waals surface area contributed by atoms with Crippen LogP contribution in [-0.2, 0) is 0 Å². The van der Waals surface area contributed by atoms with Gasteiger partial charge in [0.25, 0.3) is 0 Å². The average molecular weight is 557 g/mol. The van der Waals surface area contributed by atoms with Crippen LogP contribution in [0.3, 0.4) is 0 Å². The van der Waals surface area contributed by atoms with E-state index in [9.17, 15) is 4.79 Å². The summed E-state index contributed by atoms with van der Waals surface area (Å²) < 4.78 is 5.94. The van der Waals surface area contributed by atoms with E-state index < -0.39 is 5.92 Å². The molecule has 2 aromatic heterocycles. The molecule has 0 saturated carbocycles. The van der Waals surface area contributed by atoms with Crippen LogP contribution in [0.4, 0.5) is 0 Å². The van der Waals surface area contributed by atoms with Gasteiger partial charge in [0.05, 0.1) is 11.3 Å². The number of allylic oxidation sites excluding steroid dienone is 2. The fraction of sp³-hybridized carbons (Fsp3) is 0.222. The molecule has 3 N–H and O–H groups in total. The van der Waals surface area contributed by atoms with Gasteiger partial charge in [-0.05, 0) is 80.5 Å². The minimum Gasteiger partial charge on any atom is -0.423 e. The number of hydrogen-bond donors (Lipinski definition) is 2. The van der Waals surface area contributed by atoms with Crippen molar-refractivity contribution >= 4 is 12.2 Å². The zero-order valence-electron chi connectivity index (χ0n) is 24.6. The molecule has 1 aliphatic carbocycles. The van der Waals surface area contributed by atoms with Crippen LogP contribution in [-0.4, -0.2) is 9.99 Å². The highest BCUT2D eigenvalue weighted by atomic mass is 16.4. The first kappa shape index (κ1) is 27.5. The summed E-state index contributed by atoms with van der Waals surface area (Å²) in [6.45, 7) is 12.6. The van der Waals surface area contributed by atoms with E-state index in [2.05, 4.69) is 60.2 Å². The summed E-state index contributed by atoms with van der Waals surface area (Å²) >= 11 is 0. The molecular formula is C36H36N4O2. The highest BCUT2D eigenvalue weighted by Crippen LogP contribution is 2.41. The molecule has 1 aliphatic heterocycles. The molecule has 6 heteroatoms. The van der Waals surface area contributed by atoms with Gasteiger partial charge in [0, 0.05) is 39.9 Å². The summed E-state index contributed by atoms with van der Waals surface area (Å²) in [6, 6.07) is 20.5. The molecule has 3 heterocycles. The average Bonchev–Trinajstić information content (AvgIpc) is 3.00. The van der Waals surface area contributed by atoms with Crippen LogP contribution in [0.1, 0.15) is 65.4 Å². The Hall–Kier alpha value is -4.68. The van der Waals surface area contributed by atoms with E-state index in [0.717, 1.165) is 68.4 Å². The Kier molecular flexibility index (Phi) is 7.17. The fourth-order valence-corrected chi connectivity index (χ4v) is 6.15. The van der Waals surface area contributed by atoms with E-state index in [1.807, 2.05) is 63.4 Å². The Balaban J connectivity index is 1.53. The molecule has 0 bridgehead atoms. The zero-order valence-corrected chi connectivity index (χ0v) is 24.6. The number of pyridine rings is 1. The Morgan fingerprint density at radius 1 is 1.00 bits per heavy atom. The first-order valence-electron chi connectivity index (χ1n) is 14.4. The fourth-order valence-electron chi connectivity index (χ4n) is 6.15. The van der Waals surface area contributed by atoms with Crippen molar-refractivity contribution in [3.8, 4) is 11.1 Å². The second kappa shape index (κ2) is 11.0. The number of nitrogens with zero attached hydrogens (tertiary/aromatic N) is 2. The predicted octanol–water partition coefficient (Wildman–Crippen LogP) is 5.38. The van der Waals surface area contributed by atoms with Crippen molar-refractivity contribution in [3.63, 3.8) is 0 Å². The molecule has 0 saturated heterocycles. The highest BCUT2D eigenvalue weighted by molar-refractivity contribution is 5.65. The van der Waals surface area contributed by atoms with Crippen LogP contribution >= 0.6 is 0 Å². The van der Waals surface area contributed by atoms with Gasteiger partial charge in [-0.25, -0.2) is 10.6 Å². The Labute approximate surface area is 246 Å². The van der Waals surface area contributed by atoms with Crippen molar-refractivity contribution in [2.75, 3.05) is 0 Å². The third kappa shape index (κ3) is 4.78. The van der Waals surface area contributed by atoms with Gasteiger partial charge in [0.2, 0.25) is 0 Å².